The number of halogens is 2. The first-order chi connectivity index (χ1) is 10.1. The Morgan fingerprint density at radius 1 is 1.43 bits per heavy atom. The summed E-state index contributed by atoms with van der Waals surface area (Å²) in [5, 5.41) is 7.15. The van der Waals surface area contributed by atoms with Crippen molar-refractivity contribution in [3.63, 3.8) is 0 Å². The minimum absolute atomic E-state index is 0. The molecule has 3 N–H and O–H groups in total. The predicted molar refractivity (Wildman–Crippen MR) is 93.5 cm³/mol. The molecule has 0 bridgehead atoms. The molecule has 1 amide bonds. The summed E-state index contributed by atoms with van der Waals surface area (Å²) in [4.78, 5) is 16.4. The van der Waals surface area contributed by atoms with Crippen LogP contribution in [0.4, 0.5) is 0 Å². The second-order valence-corrected chi connectivity index (χ2v) is 5.74. The van der Waals surface area contributed by atoms with Crippen molar-refractivity contribution in [2.45, 2.75) is 25.3 Å². The number of nitrogens with two attached hydrogens (primary N) is 1. The number of amides is 1. The van der Waals surface area contributed by atoms with Crippen LogP contribution < -0.4 is 11.1 Å². The van der Waals surface area contributed by atoms with Crippen molar-refractivity contribution in [2.24, 2.45) is 11.7 Å². The minimum Gasteiger partial charge on any atom is -0.345 e. The lowest BCUT2D eigenvalue weighted by Crippen LogP contribution is -2.53. The highest BCUT2D eigenvalue weighted by Crippen LogP contribution is 2.39. The first-order valence-corrected chi connectivity index (χ1v) is 7.10. The third-order valence-corrected chi connectivity index (χ3v) is 4.09. The molecule has 1 aliphatic carbocycles. The van der Waals surface area contributed by atoms with Gasteiger partial charge in [-0.05, 0) is 43.9 Å². The third-order valence-electron chi connectivity index (χ3n) is 4.09. The van der Waals surface area contributed by atoms with Gasteiger partial charge in [-0.15, -0.1) is 24.8 Å². The number of benzene rings is 1. The second kappa shape index (κ2) is 7.77. The zero-order valence-corrected chi connectivity index (χ0v) is 14.4. The molecular formula is C15H21Cl2N5O. The van der Waals surface area contributed by atoms with Gasteiger partial charge in [-0.25, -0.2) is 9.67 Å². The number of carbonyl (C=O) groups is 1. The molecule has 23 heavy (non-hydrogen) atoms. The Bertz CT molecular complexity index is 645. The van der Waals surface area contributed by atoms with Crippen LogP contribution in [0.5, 0.6) is 0 Å². The molecule has 1 aromatic carbocycles. The van der Waals surface area contributed by atoms with Crippen molar-refractivity contribution in [1.29, 1.82) is 0 Å². The predicted octanol–water partition coefficient (Wildman–Crippen LogP) is 1.97. The number of rotatable bonds is 5. The average Bonchev–Trinajstić information content (AvgIpc) is 3.23. The van der Waals surface area contributed by atoms with Crippen LogP contribution in [0.1, 0.15) is 30.1 Å². The zero-order valence-electron chi connectivity index (χ0n) is 12.8. The maximum absolute atomic E-state index is 12.5. The molecule has 8 heteroatoms. The van der Waals surface area contributed by atoms with E-state index in [-0.39, 0.29) is 36.3 Å². The molecule has 1 aliphatic rings. The van der Waals surface area contributed by atoms with E-state index in [9.17, 15) is 4.79 Å². The van der Waals surface area contributed by atoms with E-state index in [1.807, 2.05) is 19.1 Å². The van der Waals surface area contributed by atoms with Crippen LogP contribution in [-0.2, 0) is 0 Å². The quantitative estimate of drug-likeness (QED) is 0.856. The number of carbonyl (C=O) groups excluding carboxylic acids is 1. The maximum atomic E-state index is 12.5. The Labute approximate surface area is 147 Å². The summed E-state index contributed by atoms with van der Waals surface area (Å²) in [6, 6.07) is 7.31. The zero-order chi connectivity index (χ0) is 14.9. The van der Waals surface area contributed by atoms with E-state index < -0.39 is 0 Å². The fraction of sp³-hybridized carbons (Fsp3) is 0.400. The van der Waals surface area contributed by atoms with Gasteiger partial charge in [-0.2, -0.15) is 5.10 Å². The van der Waals surface area contributed by atoms with E-state index >= 15 is 0 Å². The van der Waals surface area contributed by atoms with Crippen LogP contribution in [0.3, 0.4) is 0 Å². The highest BCUT2D eigenvalue weighted by Gasteiger charge is 2.41. The van der Waals surface area contributed by atoms with E-state index in [1.54, 1.807) is 23.1 Å². The number of aromatic nitrogens is 3. The number of hydrogen-bond acceptors (Lipinski definition) is 4. The summed E-state index contributed by atoms with van der Waals surface area (Å²) in [7, 11) is 0. The van der Waals surface area contributed by atoms with Crippen molar-refractivity contribution in [2.75, 3.05) is 6.54 Å². The Morgan fingerprint density at radius 2 is 2.17 bits per heavy atom. The normalized spacial score (nSPS) is 15.7. The number of hydrogen-bond donors (Lipinski definition) is 2. The largest absolute Gasteiger partial charge is 0.345 e. The van der Waals surface area contributed by atoms with Crippen molar-refractivity contribution < 1.29 is 4.79 Å². The van der Waals surface area contributed by atoms with Crippen LogP contribution in [0.2, 0.25) is 0 Å². The monoisotopic (exact) mass is 357 g/mol. The highest BCUT2D eigenvalue weighted by molar-refractivity contribution is 5.95. The Balaban J connectivity index is 0.00000132. The highest BCUT2D eigenvalue weighted by atomic mass is 35.5. The fourth-order valence-electron chi connectivity index (χ4n) is 2.50. The molecule has 1 atom stereocenters. The molecule has 1 unspecified atom stereocenters. The van der Waals surface area contributed by atoms with Crippen LogP contribution in [0.25, 0.3) is 5.69 Å². The van der Waals surface area contributed by atoms with Crippen LogP contribution in [-0.4, -0.2) is 32.8 Å². The molecule has 1 saturated carbocycles. The van der Waals surface area contributed by atoms with Crippen molar-refractivity contribution in [3.05, 3.63) is 42.5 Å². The van der Waals surface area contributed by atoms with Crippen molar-refractivity contribution in [3.8, 4) is 5.69 Å². The van der Waals surface area contributed by atoms with E-state index in [0.29, 0.717) is 18.0 Å². The van der Waals surface area contributed by atoms with Gasteiger partial charge in [0.2, 0.25) is 0 Å². The van der Waals surface area contributed by atoms with Gasteiger partial charge in [-0.1, -0.05) is 6.07 Å². The molecule has 1 fully saturated rings. The third kappa shape index (κ3) is 4.22. The standard InChI is InChI=1S/C15H19N5O.2ClH/c1-15(8-16,12-5-6-12)19-14(21)11-3-2-4-13(7-11)20-10-17-9-18-20;;/h2-4,7,9-10,12H,5-6,8,16H2,1H3,(H,19,21);2*1H. The summed E-state index contributed by atoms with van der Waals surface area (Å²) in [5.74, 6) is 0.391. The lowest BCUT2D eigenvalue weighted by Gasteiger charge is -2.29. The molecular weight excluding hydrogens is 337 g/mol. The van der Waals surface area contributed by atoms with E-state index in [0.717, 1.165) is 18.5 Å². The topological polar surface area (TPSA) is 85.8 Å². The van der Waals surface area contributed by atoms with Crippen LogP contribution in [0.15, 0.2) is 36.9 Å². The fourth-order valence-corrected chi connectivity index (χ4v) is 2.50. The van der Waals surface area contributed by atoms with E-state index in [2.05, 4.69) is 15.4 Å². The first-order valence-electron chi connectivity index (χ1n) is 7.10. The Hall–Kier alpha value is -1.63. The molecule has 126 valence electrons. The van der Waals surface area contributed by atoms with Gasteiger partial charge in [-0.3, -0.25) is 4.79 Å². The Morgan fingerprint density at radius 3 is 2.74 bits per heavy atom. The number of nitrogens with zero attached hydrogens (tertiary/aromatic N) is 3. The van der Waals surface area contributed by atoms with Crippen LogP contribution >= 0.6 is 24.8 Å². The lowest BCUT2D eigenvalue weighted by molar-refractivity contribution is 0.0898. The molecule has 1 heterocycles. The van der Waals surface area contributed by atoms with Crippen molar-refractivity contribution in [1.82, 2.24) is 20.1 Å². The Kier molecular flexibility index (Phi) is 6.56. The summed E-state index contributed by atoms with van der Waals surface area (Å²) in [5.41, 5.74) is 6.93. The average molecular weight is 358 g/mol. The molecule has 0 aliphatic heterocycles. The second-order valence-electron chi connectivity index (χ2n) is 5.74. The van der Waals surface area contributed by atoms with Gasteiger partial charge in [0.15, 0.2) is 0 Å². The molecule has 6 nitrogen and oxygen atoms in total. The molecule has 1 aromatic heterocycles. The van der Waals surface area contributed by atoms with Gasteiger partial charge >= 0.3 is 0 Å². The van der Waals surface area contributed by atoms with Gasteiger partial charge in [0.1, 0.15) is 12.7 Å². The van der Waals surface area contributed by atoms with E-state index in [4.69, 9.17) is 5.73 Å². The summed E-state index contributed by atoms with van der Waals surface area (Å²) < 4.78 is 1.62. The minimum atomic E-state index is -0.319. The van der Waals surface area contributed by atoms with Gasteiger partial charge in [0.05, 0.1) is 11.2 Å². The maximum Gasteiger partial charge on any atom is 0.251 e. The molecule has 3 rings (SSSR count). The smallest absolute Gasteiger partial charge is 0.251 e. The summed E-state index contributed by atoms with van der Waals surface area (Å²) in [6.07, 6.45) is 5.33. The summed E-state index contributed by atoms with van der Waals surface area (Å²) >= 11 is 0. The van der Waals surface area contributed by atoms with Gasteiger partial charge in [0, 0.05) is 12.1 Å². The molecule has 0 radical (unpaired) electrons. The number of nitrogens with one attached hydrogen (secondary N) is 1. The molecule has 0 spiro atoms. The molecule has 2 aromatic rings. The lowest BCUT2D eigenvalue weighted by atomic mass is 9.95. The molecule has 0 saturated heterocycles. The van der Waals surface area contributed by atoms with Gasteiger partial charge < -0.3 is 11.1 Å². The van der Waals surface area contributed by atoms with E-state index in [1.165, 1.54) is 6.33 Å². The first kappa shape index (κ1) is 19.4. The summed E-state index contributed by atoms with van der Waals surface area (Å²) in [6.45, 7) is 2.47. The van der Waals surface area contributed by atoms with Crippen molar-refractivity contribution >= 4 is 30.7 Å². The van der Waals surface area contributed by atoms with Gasteiger partial charge in [0.25, 0.3) is 5.91 Å². The SMILES string of the molecule is CC(CN)(NC(=O)c1cccc(-n2cncn2)c1)C1CC1.Cl.Cl. The van der Waals surface area contributed by atoms with Crippen LogP contribution in [0, 0.1) is 5.92 Å².